The minimum Gasteiger partial charge on any atom is -0.508 e. The predicted molar refractivity (Wildman–Crippen MR) is 85.1 cm³/mol. The lowest BCUT2D eigenvalue weighted by molar-refractivity contribution is 0.0583. The minimum absolute atomic E-state index is 0.114. The number of fused-ring (bicyclic) bond motifs is 1. The summed E-state index contributed by atoms with van der Waals surface area (Å²) in [6.07, 6.45) is 0.904. The first-order valence-corrected chi connectivity index (χ1v) is 7.40. The Bertz CT molecular complexity index is 670. The van der Waals surface area contributed by atoms with Gasteiger partial charge in [0.05, 0.1) is 0 Å². The molecule has 2 aromatic carbocycles. The van der Waals surface area contributed by atoms with E-state index in [0.717, 1.165) is 12.2 Å². The number of phenols is 1. The third kappa shape index (κ3) is 2.39. The Labute approximate surface area is 126 Å². The van der Waals surface area contributed by atoms with Gasteiger partial charge in [-0.15, -0.1) is 0 Å². The van der Waals surface area contributed by atoms with Crippen LogP contribution in [0.15, 0.2) is 42.5 Å². The predicted octanol–water partition coefficient (Wildman–Crippen LogP) is 4.57. The van der Waals surface area contributed by atoms with Gasteiger partial charge in [-0.2, -0.15) is 0 Å². The lowest BCUT2D eigenvalue weighted by atomic mass is 9.68. The van der Waals surface area contributed by atoms with Crippen LogP contribution in [-0.2, 0) is 5.41 Å². The van der Waals surface area contributed by atoms with E-state index in [4.69, 9.17) is 4.74 Å². The molecule has 1 atom stereocenters. The standard InChI is InChI=1S/C19H22O2/c1-13-5-10-17-16(11-13)19(4,12-18(2,3)21-17)14-6-8-15(20)9-7-14/h5-11,20H,12H2,1-4H3. The first-order valence-electron chi connectivity index (χ1n) is 7.40. The quantitative estimate of drug-likeness (QED) is 0.830. The molecule has 0 aromatic heterocycles. The van der Waals surface area contributed by atoms with Gasteiger partial charge in [0.1, 0.15) is 17.1 Å². The highest BCUT2D eigenvalue weighted by molar-refractivity contribution is 5.51. The molecule has 110 valence electrons. The number of aryl methyl sites for hydroxylation is 1. The zero-order valence-corrected chi connectivity index (χ0v) is 13.1. The van der Waals surface area contributed by atoms with Gasteiger partial charge < -0.3 is 9.84 Å². The number of hydrogen-bond acceptors (Lipinski definition) is 2. The summed E-state index contributed by atoms with van der Waals surface area (Å²) in [5.74, 6) is 1.27. The van der Waals surface area contributed by atoms with E-state index >= 15 is 0 Å². The van der Waals surface area contributed by atoms with Crippen molar-refractivity contribution in [3.63, 3.8) is 0 Å². The van der Waals surface area contributed by atoms with E-state index in [1.165, 1.54) is 16.7 Å². The third-order valence-corrected chi connectivity index (χ3v) is 4.40. The molecule has 0 radical (unpaired) electrons. The molecule has 1 unspecified atom stereocenters. The highest BCUT2D eigenvalue weighted by atomic mass is 16.5. The zero-order chi connectivity index (χ0) is 15.3. The monoisotopic (exact) mass is 282 g/mol. The maximum absolute atomic E-state index is 9.56. The van der Waals surface area contributed by atoms with Crippen molar-refractivity contribution in [1.29, 1.82) is 0 Å². The summed E-state index contributed by atoms with van der Waals surface area (Å²) in [5.41, 5.74) is 3.35. The van der Waals surface area contributed by atoms with Crippen LogP contribution in [0.25, 0.3) is 0 Å². The molecule has 2 nitrogen and oxygen atoms in total. The van der Waals surface area contributed by atoms with Crippen LogP contribution < -0.4 is 4.74 Å². The fourth-order valence-electron chi connectivity index (χ4n) is 3.53. The largest absolute Gasteiger partial charge is 0.508 e. The second kappa shape index (κ2) is 4.52. The second-order valence-electron chi connectivity index (χ2n) is 6.92. The lowest BCUT2D eigenvalue weighted by Crippen LogP contribution is -2.43. The average Bonchev–Trinajstić information content (AvgIpc) is 2.39. The van der Waals surface area contributed by atoms with Gasteiger partial charge in [0.2, 0.25) is 0 Å². The number of ether oxygens (including phenoxy) is 1. The minimum atomic E-state index is -0.213. The van der Waals surface area contributed by atoms with Crippen molar-refractivity contribution in [1.82, 2.24) is 0 Å². The average molecular weight is 282 g/mol. The molecule has 0 amide bonds. The topological polar surface area (TPSA) is 29.5 Å². The first-order chi connectivity index (χ1) is 9.80. The Kier molecular flexibility index (Phi) is 3.01. The summed E-state index contributed by atoms with van der Waals surface area (Å²) in [5, 5.41) is 9.56. The van der Waals surface area contributed by atoms with Crippen LogP contribution in [0.5, 0.6) is 11.5 Å². The SMILES string of the molecule is Cc1ccc2c(c1)C(C)(c1ccc(O)cc1)CC(C)(C)O2. The summed E-state index contributed by atoms with van der Waals surface area (Å²) >= 11 is 0. The number of aromatic hydroxyl groups is 1. The van der Waals surface area contributed by atoms with Crippen LogP contribution in [0.4, 0.5) is 0 Å². The van der Waals surface area contributed by atoms with E-state index in [9.17, 15) is 5.11 Å². The normalized spacial score (nSPS) is 23.2. The molecule has 0 fully saturated rings. The van der Waals surface area contributed by atoms with Crippen molar-refractivity contribution in [3.8, 4) is 11.5 Å². The maximum Gasteiger partial charge on any atom is 0.124 e. The highest BCUT2D eigenvalue weighted by Crippen LogP contribution is 2.48. The highest BCUT2D eigenvalue weighted by Gasteiger charge is 2.43. The molecule has 1 aliphatic heterocycles. The smallest absolute Gasteiger partial charge is 0.124 e. The fourth-order valence-corrected chi connectivity index (χ4v) is 3.53. The summed E-state index contributed by atoms with van der Waals surface area (Å²) in [6, 6.07) is 13.9. The van der Waals surface area contributed by atoms with Gasteiger partial charge >= 0.3 is 0 Å². The molecule has 0 aliphatic carbocycles. The zero-order valence-electron chi connectivity index (χ0n) is 13.1. The molecule has 1 aliphatic rings. The first kappa shape index (κ1) is 14.0. The number of phenolic OH excluding ortho intramolecular Hbond substituents is 1. The Morgan fingerprint density at radius 1 is 1.00 bits per heavy atom. The van der Waals surface area contributed by atoms with Gasteiger partial charge in [0.25, 0.3) is 0 Å². The van der Waals surface area contributed by atoms with E-state index in [1.54, 1.807) is 12.1 Å². The molecular formula is C19H22O2. The molecule has 0 spiro atoms. The van der Waals surface area contributed by atoms with Crippen LogP contribution in [0.3, 0.4) is 0 Å². The van der Waals surface area contributed by atoms with Crippen molar-refractivity contribution in [2.24, 2.45) is 0 Å². The van der Waals surface area contributed by atoms with Crippen molar-refractivity contribution in [3.05, 3.63) is 59.2 Å². The van der Waals surface area contributed by atoms with Crippen LogP contribution in [0, 0.1) is 6.92 Å². The van der Waals surface area contributed by atoms with Crippen LogP contribution in [0.2, 0.25) is 0 Å². The number of hydrogen-bond donors (Lipinski definition) is 1. The summed E-state index contributed by atoms with van der Waals surface area (Å²) in [6.45, 7) is 8.64. The molecular weight excluding hydrogens is 260 g/mol. The van der Waals surface area contributed by atoms with E-state index in [1.807, 2.05) is 12.1 Å². The van der Waals surface area contributed by atoms with Crippen molar-refractivity contribution in [2.45, 2.75) is 45.1 Å². The van der Waals surface area contributed by atoms with Crippen molar-refractivity contribution < 1.29 is 9.84 Å². The Morgan fingerprint density at radius 2 is 1.67 bits per heavy atom. The van der Waals surface area contributed by atoms with Gasteiger partial charge in [-0.25, -0.2) is 0 Å². The van der Waals surface area contributed by atoms with Gasteiger partial charge in [0, 0.05) is 17.4 Å². The molecule has 0 saturated carbocycles. The van der Waals surface area contributed by atoms with Crippen molar-refractivity contribution in [2.75, 3.05) is 0 Å². The summed E-state index contributed by atoms with van der Waals surface area (Å²) in [7, 11) is 0. The summed E-state index contributed by atoms with van der Waals surface area (Å²) < 4.78 is 6.17. The van der Waals surface area contributed by atoms with Gasteiger partial charge in [-0.1, -0.05) is 36.8 Å². The molecule has 1 N–H and O–H groups in total. The van der Waals surface area contributed by atoms with Gasteiger partial charge in [0.15, 0.2) is 0 Å². The van der Waals surface area contributed by atoms with E-state index in [2.05, 4.69) is 45.9 Å². The van der Waals surface area contributed by atoms with Crippen molar-refractivity contribution >= 4 is 0 Å². The molecule has 1 heterocycles. The Balaban J connectivity index is 2.21. The lowest BCUT2D eigenvalue weighted by Gasteiger charge is -2.44. The fraction of sp³-hybridized carbons (Fsp3) is 0.368. The molecule has 3 rings (SSSR count). The van der Waals surface area contributed by atoms with Gasteiger partial charge in [-0.3, -0.25) is 0 Å². The molecule has 0 saturated heterocycles. The maximum atomic E-state index is 9.56. The molecule has 2 aromatic rings. The number of benzene rings is 2. The second-order valence-corrected chi connectivity index (χ2v) is 6.92. The molecule has 2 heteroatoms. The van der Waals surface area contributed by atoms with Gasteiger partial charge in [-0.05, 0) is 44.5 Å². The number of rotatable bonds is 1. The Hall–Kier alpha value is -1.96. The molecule has 0 bridgehead atoms. The van der Waals surface area contributed by atoms with Crippen LogP contribution in [-0.4, -0.2) is 10.7 Å². The summed E-state index contributed by atoms with van der Waals surface area (Å²) in [4.78, 5) is 0. The molecule has 21 heavy (non-hydrogen) atoms. The van der Waals surface area contributed by atoms with E-state index < -0.39 is 0 Å². The Morgan fingerprint density at radius 3 is 2.33 bits per heavy atom. The van der Waals surface area contributed by atoms with Crippen LogP contribution in [0.1, 0.15) is 43.9 Å². The van der Waals surface area contributed by atoms with Crippen LogP contribution >= 0.6 is 0 Å². The van der Waals surface area contributed by atoms with E-state index in [-0.39, 0.29) is 11.0 Å². The van der Waals surface area contributed by atoms with E-state index in [0.29, 0.717) is 5.75 Å². The third-order valence-electron chi connectivity index (χ3n) is 4.40.